The predicted octanol–water partition coefficient (Wildman–Crippen LogP) is 5.98. The van der Waals surface area contributed by atoms with Gasteiger partial charge in [-0.2, -0.15) is 0 Å². The number of rotatable bonds is 6. The van der Waals surface area contributed by atoms with Crippen molar-refractivity contribution in [3.63, 3.8) is 0 Å². The van der Waals surface area contributed by atoms with Gasteiger partial charge in [0.15, 0.2) is 12.4 Å². The Labute approximate surface area is 187 Å². The van der Waals surface area contributed by atoms with Crippen molar-refractivity contribution in [2.24, 2.45) is 0 Å². The average Bonchev–Trinajstić information content (AvgIpc) is 2.74. The van der Waals surface area contributed by atoms with Crippen molar-refractivity contribution in [1.82, 2.24) is 0 Å². The first-order valence-corrected chi connectivity index (χ1v) is 11.3. The van der Waals surface area contributed by atoms with Crippen LogP contribution in [0.3, 0.4) is 0 Å². The number of ether oxygens (including phenoxy) is 2. The van der Waals surface area contributed by atoms with Gasteiger partial charge in [-0.1, -0.05) is 55.8 Å². The lowest BCUT2D eigenvalue weighted by Gasteiger charge is -2.42. The number of methoxy groups -OCH3 is 1. The van der Waals surface area contributed by atoms with Gasteiger partial charge in [0, 0.05) is 16.5 Å². The van der Waals surface area contributed by atoms with E-state index in [-0.39, 0.29) is 23.2 Å². The number of Topliss-reactive ketones (excluding diaryl/α,β-unsaturated/α-hetero) is 1. The highest BCUT2D eigenvalue weighted by Gasteiger charge is 2.37. The molecule has 0 N–H and O–H groups in total. The summed E-state index contributed by atoms with van der Waals surface area (Å²) < 4.78 is 10.6. The number of carbonyl (C=O) groups is 2. The predicted molar refractivity (Wildman–Crippen MR) is 122 cm³/mol. The number of hydrogen-bond acceptors (Lipinski definition) is 4. The standard InChI is InChI=1S/C25H29BrO4/c1-24(2)10-11-25(3,4)20-13-16(6-8-19(20)24)21(27)15-30-22-9-7-17(23(28)29-5)12-18(22)14-26/h6-9,12-13H,10-11,14-15H2,1-5H3. The highest BCUT2D eigenvalue weighted by Crippen LogP contribution is 2.45. The Morgan fingerprint density at radius 2 is 1.57 bits per heavy atom. The number of ketones is 1. The van der Waals surface area contributed by atoms with Crippen molar-refractivity contribution in [3.05, 3.63) is 64.2 Å². The summed E-state index contributed by atoms with van der Waals surface area (Å²) >= 11 is 3.41. The van der Waals surface area contributed by atoms with Gasteiger partial charge in [0.2, 0.25) is 0 Å². The van der Waals surface area contributed by atoms with Gasteiger partial charge >= 0.3 is 5.97 Å². The van der Waals surface area contributed by atoms with Crippen molar-refractivity contribution in [1.29, 1.82) is 0 Å². The molecule has 0 saturated carbocycles. The molecule has 4 nitrogen and oxygen atoms in total. The van der Waals surface area contributed by atoms with E-state index in [1.54, 1.807) is 18.2 Å². The van der Waals surface area contributed by atoms with E-state index in [4.69, 9.17) is 9.47 Å². The van der Waals surface area contributed by atoms with Crippen molar-refractivity contribution in [2.45, 2.75) is 56.7 Å². The minimum Gasteiger partial charge on any atom is -0.485 e. The van der Waals surface area contributed by atoms with Crippen LogP contribution in [0.5, 0.6) is 5.75 Å². The highest BCUT2D eigenvalue weighted by molar-refractivity contribution is 9.08. The van der Waals surface area contributed by atoms with Crippen LogP contribution in [-0.4, -0.2) is 25.5 Å². The zero-order chi connectivity index (χ0) is 22.1. The average molecular weight is 473 g/mol. The fraction of sp³-hybridized carbons (Fsp3) is 0.440. The largest absolute Gasteiger partial charge is 0.485 e. The fourth-order valence-electron chi connectivity index (χ4n) is 4.06. The van der Waals surface area contributed by atoms with Crippen LogP contribution in [0.1, 0.15) is 77.9 Å². The van der Waals surface area contributed by atoms with Gasteiger partial charge in [-0.25, -0.2) is 4.79 Å². The molecule has 0 spiro atoms. The summed E-state index contributed by atoms with van der Waals surface area (Å²) in [5, 5.41) is 0.503. The lowest BCUT2D eigenvalue weighted by molar-refractivity contribution is 0.0600. The molecule has 0 aromatic heterocycles. The lowest BCUT2D eigenvalue weighted by Crippen LogP contribution is -2.34. The van der Waals surface area contributed by atoms with Crippen LogP contribution in [-0.2, 0) is 20.9 Å². The second-order valence-electron chi connectivity index (χ2n) is 9.19. The molecule has 0 atom stereocenters. The first-order valence-electron chi connectivity index (χ1n) is 10.2. The molecule has 2 aromatic carbocycles. The van der Waals surface area contributed by atoms with Crippen LogP contribution in [0, 0.1) is 0 Å². The molecule has 0 unspecified atom stereocenters. The Morgan fingerprint density at radius 1 is 0.933 bits per heavy atom. The second kappa shape index (κ2) is 8.54. The van der Waals surface area contributed by atoms with Crippen LogP contribution in [0.15, 0.2) is 36.4 Å². The monoisotopic (exact) mass is 472 g/mol. The van der Waals surface area contributed by atoms with Crippen LogP contribution in [0.25, 0.3) is 0 Å². The summed E-state index contributed by atoms with van der Waals surface area (Å²) in [6.07, 6.45) is 2.24. The van der Waals surface area contributed by atoms with E-state index in [1.807, 2.05) is 12.1 Å². The van der Waals surface area contributed by atoms with Gasteiger partial charge in [-0.05, 0) is 59.1 Å². The third-order valence-corrected chi connectivity index (χ3v) is 6.76. The Balaban J connectivity index is 1.80. The molecule has 0 heterocycles. The number of alkyl halides is 1. The Bertz CT molecular complexity index is 975. The molecule has 160 valence electrons. The number of fused-ring (bicyclic) bond motifs is 1. The first-order chi connectivity index (χ1) is 14.1. The molecule has 30 heavy (non-hydrogen) atoms. The van der Waals surface area contributed by atoms with Crippen molar-refractivity contribution in [3.8, 4) is 5.75 Å². The smallest absolute Gasteiger partial charge is 0.337 e. The zero-order valence-electron chi connectivity index (χ0n) is 18.3. The Kier molecular flexibility index (Phi) is 6.42. The molecule has 2 aromatic rings. The number of halogens is 1. The molecule has 1 aliphatic carbocycles. The van der Waals surface area contributed by atoms with Gasteiger partial charge in [-0.15, -0.1) is 0 Å². The molecule has 3 rings (SSSR count). The van der Waals surface area contributed by atoms with E-state index in [2.05, 4.69) is 49.7 Å². The van der Waals surface area contributed by atoms with Crippen LogP contribution in [0.4, 0.5) is 0 Å². The van der Waals surface area contributed by atoms with E-state index >= 15 is 0 Å². The Hall–Kier alpha value is -2.14. The first kappa shape index (κ1) is 22.5. The number of benzene rings is 2. The van der Waals surface area contributed by atoms with Crippen molar-refractivity contribution >= 4 is 27.7 Å². The van der Waals surface area contributed by atoms with Gasteiger partial charge in [0.1, 0.15) is 5.75 Å². The van der Waals surface area contributed by atoms with E-state index in [1.165, 1.54) is 18.2 Å². The number of carbonyl (C=O) groups excluding carboxylic acids is 2. The fourth-order valence-corrected chi connectivity index (χ4v) is 4.50. The quantitative estimate of drug-likeness (QED) is 0.294. The van der Waals surface area contributed by atoms with Gasteiger partial charge in [0.05, 0.1) is 12.7 Å². The molecule has 0 saturated heterocycles. The number of hydrogen-bond donors (Lipinski definition) is 0. The maximum Gasteiger partial charge on any atom is 0.337 e. The van der Waals surface area contributed by atoms with Gasteiger partial charge in [-0.3, -0.25) is 4.79 Å². The van der Waals surface area contributed by atoms with Crippen molar-refractivity contribution in [2.75, 3.05) is 13.7 Å². The molecule has 0 amide bonds. The molecule has 0 aliphatic heterocycles. The third-order valence-electron chi connectivity index (χ3n) is 6.16. The minimum absolute atomic E-state index is 0.0504. The Morgan fingerprint density at radius 3 is 2.20 bits per heavy atom. The molecule has 1 aliphatic rings. The van der Waals surface area contributed by atoms with Crippen LogP contribution >= 0.6 is 15.9 Å². The topological polar surface area (TPSA) is 52.6 Å². The molecule has 5 heteroatoms. The summed E-state index contributed by atoms with van der Waals surface area (Å²) in [4.78, 5) is 24.6. The van der Waals surface area contributed by atoms with Gasteiger partial charge in [0.25, 0.3) is 0 Å². The highest BCUT2D eigenvalue weighted by atomic mass is 79.9. The van der Waals surface area contributed by atoms with E-state index in [0.717, 1.165) is 18.4 Å². The minimum atomic E-state index is -0.403. The van der Waals surface area contributed by atoms with E-state index in [0.29, 0.717) is 22.2 Å². The van der Waals surface area contributed by atoms with Gasteiger partial charge < -0.3 is 9.47 Å². The summed E-state index contributed by atoms with van der Waals surface area (Å²) in [6.45, 7) is 8.98. The van der Waals surface area contributed by atoms with Crippen LogP contribution < -0.4 is 4.74 Å². The maximum atomic E-state index is 12.9. The lowest BCUT2D eigenvalue weighted by atomic mass is 9.63. The normalized spacial score (nSPS) is 16.5. The maximum absolute atomic E-state index is 12.9. The van der Waals surface area contributed by atoms with Crippen molar-refractivity contribution < 1.29 is 19.1 Å². The molecule has 0 bridgehead atoms. The van der Waals surface area contributed by atoms with E-state index < -0.39 is 5.97 Å². The second-order valence-corrected chi connectivity index (χ2v) is 9.75. The molecule has 0 radical (unpaired) electrons. The summed E-state index contributed by atoms with van der Waals surface area (Å²) in [5.41, 5.74) is 4.67. The molecular weight excluding hydrogens is 444 g/mol. The zero-order valence-corrected chi connectivity index (χ0v) is 19.9. The van der Waals surface area contributed by atoms with Crippen LogP contribution in [0.2, 0.25) is 0 Å². The summed E-state index contributed by atoms with van der Waals surface area (Å²) in [5.74, 6) is 0.112. The van der Waals surface area contributed by atoms with E-state index in [9.17, 15) is 9.59 Å². The summed E-state index contributed by atoms with van der Waals surface area (Å²) in [6, 6.07) is 11.1. The molecule has 0 fully saturated rings. The number of esters is 1. The third kappa shape index (κ3) is 4.46. The summed E-state index contributed by atoms with van der Waals surface area (Å²) in [7, 11) is 1.35. The molecular formula is C25H29BrO4. The SMILES string of the molecule is COC(=O)c1ccc(OCC(=O)c2ccc3c(c2)C(C)(C)CCC3(C)C)c(CBr)c1.